The Hall–Kier alpha value is -0.910. The van der Waals surface area contributed by atoms with Gasteiger partial charge in [0.15, 0.2) is 0 Å². The molecule has 1 fully saturated rings. The van der Waals surface area contributed by atoms with Gasteiger partial charge in [-0.05, 0) is 13.3 Å². The molecule has 2 N–H and O–H groups in total. The summed E-state index contributed by atoms with van der Waals surface area (Å²) in [5, 5.41) is 11.4. The van der Waals surface area contributed by atoms with Crippen molar-refractivity contribution >= 4 is 23.8 Å². The molecule has 0 aliphatic carbocycles. The molecule has 0 radical (unpaired) electrons. The van der Waals surface area contributed by atoms with Gasteiger partial charge in [0, 0.05) is 24.1 Å². The SMILES string of the molecule is CCC(NC(=O)N1CCSCC1C)C(=O)O. The number of thioether (sulfide) groups is 1. The predicted molar refractivity (Wildman–Crippen MR) is 63.7 cm³/mol. The second kappa shape index (κ2) is 5.98. The second-order valence-electron chi connectivity index (χ2n) is 3.87. The number of aliphatic carboxylic acids is 1. The normalized spacial score (nSPS) is 22.6. The van der Waals surface area contributed by atoms with E-state index < -0.39 is 12.0 Å². The van der Waals surface area contributed by atoms with E-state index in [1.807, 2.05) is 18.7 Å². The van der Waals surface area contributed by atoms with Gasteiger partial charge in [-0.1, -0.05) is 6.92 Å². The van der Waals surface area contributed by atoms with Crippen molar-refractivity contribution in [3.05, 3.63) is 0 Å². The Kier molecular flexibility index (Phi) is 4.92. The fourth-order valence-corrected chi connectivity index (χ4v) is 2.61. The summed E-state index contributed by atoms with van der Waals surface area (Å²) >= 11 is 1.82. The Bertz CT molecular complexity index is 273. The quantitative estimate of drug-likeness (QED) is 0.779. The maximum Gasteiger partial charge on any atom is 0.326 e. The van der Waals surface area contributed by atoms with Gasteiger partial charge in [-0.25, -0.2) is 9.59 Å². The highest BCUT2D eigenvalue weighted by Crippen LogP contribution is 2.15. The van der Waals surface area contributed by atoms with Gasteiger partial charge in [0.1, 0.15) is 6.04 Å². The van der Waals surface area contributed by atoms with Crippen LogP contribution in [0, 0.1) is 0 Å². The number of rotatable bonds is 3. The Balaban J connectivity index is 2.52. The van der Waals surface area contributed by atoms with Crippen molar-refractivity contribution in [2.75, 3.05) is 18.1 Å². The topological polar surface area (TPSA) is 69.6 Å². The molecule has 16 heavy (non-hydrogen) atoms. The minimum atomic E-state index is -0.977. The summed E-state index contributed by atoms with van der Waals surface area (Å²) < 4.78 is 0. The lowest BCUT2D eigenvalue weighted by Gasteiger charge is -2.33. The van der Waals surface area contributed by atoms with Gasteiger partial charge in [-0.3, -0.25) is 0 Å². The van der Waals surface area contributed by atoms with Crippen molar-refractivity contribution < 1.29 is 14.7 Å². The molecule has 0 bridgehead atoms. The average molecular weight is 246 g/mol. The van der Waals surface area contributed by atoms with E-state index in [0.717, 1.165) is 11.5 Å². The van der Waals surface area contributed by atoms with E-state index in [-0.39, 0.29) is 12.1 Å². The Morgan fingerprint density at radius 1 is 1.62 bits per heavy atom. The lowest BCUT2D eigenvalue weighted by atomic mass is 10.2. The molecule has 92 valence electrons. The summed E-state index contributed by atoms with van der Waals surface area (Å²) in [5.41, 5.74) is 0. The van der Waals surface area contributed by atoms with E-state index >= 15 is 0 Å². The van der Waals surface area contributed by atoms with Crippen LogP contribution in [0.1, 0.15) is 20.3 Å². The molecule has 6 heteroatoms. The molecule has 2 amide bonds. The number of nitrogens with zero attached hydrogens (tertiary/aromatic N) is 1. The first kappa shape index (κ1) is 13.2. The van der Waals surface area contributed by atoms with Gasteiger partial charge in [-0.2, -0.15) is 11.8 Å². The van der Waals surface area contributed by atoms with E-state index in [4.69, 9.17) is 5.11 Å². The predicted octanol–water partition coefficient (Wildman–Crippen LogP) is 0.997. The molecule has 0 aromatic rings. The molecule has 1 heterocycles. The van der Waals surface area contributed by atoms with Crippen molar-refractivity contribution in [3.8, 4) is 0 Å². The van der Waals surface area contributed by atoms with Crippen LogP contribution < -0.4 is 5.32 Å². The zero-order chi connectivity index (χ0) is 12.1. The highest BCUT2D eigenvalue weighted by Gasteiger charge is 2.26. The second-order valence-corrected chi connectivity index (χ2v) is 5.02. The number of carbonyl (C=O) groups excluding carboxylic acids is 1. The van der Waals surface area contributed by atoms with Gasteiger partial charge < -0.3 is 15.3 Å². The van der Waals surface area contributed by atoms with E-state index in [2.05, 4.69) is 5.32 Å². The standard InChI is InChI=1S/C10H18N2O3S/c1-3-8(9(13)14)11-10(15)12-4-5-16-6-7(12)2/h7-8H,3-6H2,1-2H3,(H,11,15)(H,13,14). The zero-order valence-corrected chi connectivity index (χ0v) is 10.4. The molecule has 1 aliphatic heterocycles. The summed E-state index contributed by atoms with van der Waals surface area (Å²) in [6.45, 7) is 4.41. The molecule has 1 aliphatic rings. The number of carboxylic acids is 1. The lowest BCUT2D eigenvalue weighted by molar-refractivity contribution is -0.139. The molecule has 2 atom stereocenters. The number of hydrogen-bond donors (Lipinski definition) is 2. The maximum absolute atomic E-state index is 11.8. The average Bonchev–Trinajstić information content (AvgIpc) is 2.25. The summed E-state index contributed by atoms with van der Waals surface area (Å²) in [6, 6.07) is -0.874. The Morgan fingerprint density at radius 2 is 2.31 bits per heavy atom. The van der Waals surface area contributed by atoms with Crippen LogP contribution in [-0.2, 0) is 4.79 Å². The van der Waals surface area contributed by atoms with Crippen molar-refractivity contribution in [3.63, 3.8) is 0 Å². The van der Waals surface area contributed by atoms with E-state index in [1.165, 1.54) is 0 Å². The fourth-order valence-electron chi connectivity index (χ4n) is 1.60. The van der Waals surface area contributed by atoms with E-state index in [9.17, 15) is 9.59 Å². The van der Waals surface area contributed by atoms with Crippen LogP contribution in [0.25, 0.3) is 0 Å². The smallest absolute Gasteiger partial charge is 0.326 e. The number of urea groups is 1. The van der Waals surface area contributed by atoms with Crippen LogP contribution in [0.3, 0.4) is 0 Å². The molecule has 2 unspecified atom stereocenters. The molecule has 0 aromatic carbocycles. The van der Waals surface area contributed by atoms with Crippen LogP contribution in [0.15, 0.2) is 0 Å². The highest BCUT2D eigenvalue weighted by molar-refractivity contribution is 7.99. The van der Waals surface area contributed by atoms with Crippen LogP contribution >= 0.6 is 11.8 Å². The van der Waals surface area contributed by atoms with Crippen LogP contribution in [0.2, 0.25) is 0 Å². The van der Waals surface area contributed by atoms with Gasteiger partial charge >= 0.3 is 12.0 Å². The van der Waals surface area contributed by atoms with Crippen LogP contribution in [0.5, 0.6) is 0 Å². The zero-order valence-electron chi connectivity index (χ0n) is 9.60. The molecular formula is C10H18N2O3S. The van der Waals surface area contributed by atoms with Crippen LogP contribution in [0.4, 0.5) is 4.79 Å². The first-order chi connectivity index (χ1) is 7.56. The number of carboxylic acid groups (broad SMARTS) is 1. The Morgan fingerprint density at radius 3 is 2.81 bits per heavy atom. The number of nitrogens with one attached hydrogen (secondary N) is 1. The van der Waals surface area contributed by atoms with E-state index in [1.54, 1.807) is 11.8 Å². The fraction of sp³-hybridized carbons (Fsp3) is 0.800. The summed E-state index contributed by atoms with van der Waals surface area (Å²) in [5.74, 6) is 0.855. The van der Waals surface area contributed by atoms with E-state index in [0.29, 0.717) is 13.0 Å². The molecular weight excluding hydrogens is 228 g/mol. The first-order valence-corrected chi connectivity index (χ1v) is 6.59. The molecule has 1 rings (SSSR count). The molecule has 1 saturated heterocycles. The van der Waals surface area contributed by atoms with Crippen molar-refractivity contribution in [2.45, 2.75) is 32.4 Å². The highest BCUT2D eigenvalue weighted by atomic mass is 32.2. The molecule has 0 aromatic heterocycles. The minimum absolute atomic E-state index is 0.171. The van der Waals surface area contributed by atoms with Gasteiger partial charge in [0.2, 0.25) is 0 Å². The minimum Gasteiger partial charge on any atom is -0.480 e. The third-order valence-electron chi connectivity index (χ3n) is 2.63. The van der Waals surface area contributed by atoms with Gasteiger partial charge in [-0.15, -0.1) is 0 Å². The van der Waals surface area contributed by atoms with Gasteiger partial charge in [0.25, 0.3) is 0 Å². The van der Waals surface area contributed by atoms with Crippen molar-refractivity contribution in [1.82, 2.24) is 10.2 Å². The summed E-state index contributed by atoms with van der Waals surface area (Å²) in [4.78, 5) is 24.3. The van der Waals surface area contributed by atoms with Crippen molar-refractivity contribution in [2.24, 2.45) is 0 Å². The first-order valence-electron chi connectivity index (χ1n) is 5.44. The maximum atomic E-state index is 11.8. The molecule has 5 nitrogen and oxygen atoms in total. The number of hydrogen-bond acceptors (Lipinski definition) is 3. The number of amides is 2. The van der Waals surface area contributed by atoms with Crippen molar-refractivity contribution in [1.29, 1.82) is 0 Å². The Labute approximate surface area is 99.6 Å². The van der Waals surface area contributed by atoms with Gasteiger partial charge in [0.05, 0.1) is 0 Å². The largest absolute Gasteiger partial charge is 0.480 e. The van der Waals surface area contributed by atoms with Crippen LogP contribution in [-0.4, -0.2) is 52.1 Å². The number of carbonyl (C=O) groups is 2. The lowest BCUT2D eigenvalue weighted by Crippen LogP contribution is -2.53. The third kappa shape index (κ3) is 3.30. The third-order valence-corrected chi connectivity index (χ3v) is 3.82. The molecule has 0 saturated carbocycles. The summed E-state index contributed by atoms with van der Waals surface area (Å²) in [6.07, 6.45) is 0.401. The molecule has 0 spiro atoms. The summed E-state index contributed by atoms with van der Waals surface area (Å²) in [7, 11) is 0. The monoisotopic (exact) mass is 246 g/mol.